The number of carbonyl (C=O) groups excluding carboxylic acids is 3. The van der Waals surface area contributed by atoms with E-state index in [4.69, 9.17) is 9.15 Å². The van der Waals surface area contributed by atoms with Gasteiger partial charge in [0.15, 0.2) is 6.61 Å². The number of nitrogens with zero attached hydrogens (tertiary/aromatic N) is 2. The Morgan fingerprint density at radius 2 is 1.93 bits per heavy atom. The summed E-state index contributed by atoms with van der Waals surface area (Å²) in [5.74, 6) is -2.45. The lowest BCUT2D eigenvalue weighted by molar-refractivity contribution is -0.149. The van der Waals surface area contributed by atoms with Crippen molar-refractivity contribution in [1.82, 2.24) is 20.4 Å². The number of imide groups is 1. The van der Waals surface area contributed by atoms with Crippen molar-refractivity contribution >= 4 is 29.2 Å². The van der Waals surface area contributed by atoms with Gasteiger partial charge in [0.05, 0.1) is 0 Å². The van der Waals surface area contributed by atoms with Crippen molar-refractivity contribution in [1.29, 1.82) is 0 Å². The summed E-state index contributed by atoms with van der Waals surface area (Å²) in [5.41, 5.74) is 0.575. The summed E-state index contributed by atoms with van der Waals surface area (Å²) >= 11 is 1.57. The summed E-state index contributed by atoms with van der Waals surface area (Å²) < 4.78 is 10.6. The van der Waals surface area contributed by atoms with E-state index in [0.717, 1.165) is 9.56 Å². The second-order valence-corrected chi connectivity index (χ2v) is 7.02. The zero-order valence-corrected chi connectivity index (χ0v) is 16.5. The van der Waals surface area contributed by atoms with Crippen molar-refractivity contribution in [2.75, 3.05) is 13.2 Å². The lowest BCUT2D eigenvalue weighted by atomic mass is 10.2. The largest absolute Gasteiger partial charge is 0.454 e. The van der Waals surface area contributed by atoms with E-state index in [-0.39, 0.29) is 5.89 Å². The monoisotopic (exact) mass is 430 g/mol. The number of urea groups is 1. The van der Waals surface area contributed by atoms with Gasteiger partial charge in [-0.2, -0.15) is 4.68 Å². The molecule has 30 heavy (non-hydrogen) atoms. The van der Waals surface area contributed by atoms with Gasteiger partial charge in [0.1, 0.15) is 6.54 Å². The van der Waals surface area contributed by atoms with E-state index in [1.165, 1.54) is 0 Å². The summed E-state index contributed by atoms with van der Waals surface area (Å²) in [6.45, 7) is -0.844. The lowest BCUT2D eigenvalue weighted by Gasteiger charge is -2.07. The number of nitrogens with one attached hydrogen (secondary N) is 2. The van der Waals surface area contributed by atoms with Crippen LogP contribution < -0.4 is 16.4 Å². The zero-order chi connectivity index (χ0) is 21.3. The van der Waals surface area contributed by atoms with Crippen LogP contribution in [0.1, 0.15) is 4.88 Å². The van der Waals surface area contributed by atoms with Crippen LogP contribution in [0.4, 0.5) is 4.79 Å². The molecule has 0 fully saturated rings. The fourth-order valence-electron chi connectivity index (χ4n) is 2.38. The topological polar surface area (TPSA) is 133 Å². The third-order valence-corrected chi connectivity index (χ3v) is 4.70. The minimum absolute atomic E-state index is 0.0605. The Morgan fingerprint density at radius 1 is 1.13 bits per heavy atom. The molecule has 3 amide bonds. The van der Waals surface area contributed by atoms with Crippen molar-refractivity contribution in [3.63, 3.8) is 0 Å². The third-order valence-electron chi connectivity index (χ3n) is 3.76. The molecule has 1 aromatic carbocycles. The Kier molecular flexibility index (Phi) is 7.11. The van der Waals surface area contributed by atoms with E-state index in [0.29, 0.717) is 18.5 Å². The standard InChI is InChI=1S/C19H18N4O6S/c24-15(21-18(26)20-9-8-14-7-4-10-30-14)12-28-16(25)11-23-19(27)29-17(22-23)13-5-2-1-3-6-13/h1-7,10H,8-9,11-12H2,(H2,20,21,24,26). The number of amides is 3. The van der Waals surface area contributed by atoms with E-state index < -0.39 is 36.8 Å². The summed E-state index contributed by atoms with van der Waals surface area (Å²) in [7, 11) is 0. The minimum atomic E-state index is -0.877. The second kappa shape index (κ2) is 10.2. The third kappa shape index (κ3) is 6.14. The van der Waals surface area contributed by atoms with E-state index in [9.17, 15) is 19.2 Å². The molecule has 0 bridgehead atoms. The Balaban J connectivity index is 1.40. The van der Waals surface area contributed by atoms with Crippen molar-refractivity contribution in [2.24, 2.45) is 0 Å². The predicted molar refractivity (Wildman–Crippen MR) is 107 cm³/mol. The smallest absolute Gasteiger partial charge is 0.437 e. The number of hydrogen-bond donors (Lipinski definition) is 2. The molecule has 3 aromatic rings. The molecule has 2 N–H and O–H groups in total. The molecule has 2 aromatic heterocycles. The van der Waals surface area contributed by atoms with Crippen LogP contribution in [0.2, 0.25) is 0 Å². The SMILES string of the molecule is O=C(COC(=O)Cn1nc(-c2ccccc2)oc1=O)NC(=O)NCCc1cccs1. The maximum Gasteiger partial charge on any atom is 0.437 e. The van der Waals surface area contributed by atoms with Crippen molar-refractivity contribution < 1.29 is 23.5 Å². The molecule has 0 atom stereocenters. The maximum absolute atomic E-state index is 11.9. The number of aromatic nitrogens is 2. The number of thiophene rings is 1. The van der Waals surface area contributed by atoms with Gasteiger partial charge < -0.3 is 14.5 Å². The first-order valence-corrected chi connectivity index (χ1v) is 9.78. The average Bonchev–Trinajstić information content (AvgIpc) is 3.37. The molecule has 156 valence electrons. The van der Waals surface area contributed by atoms with Crippen molar-refractivity contribution in [3.8, 4) is 11.5 Å². The first-order chi connectivity index (χ1) is 14.5. The first kappa shape index (κ1) is 21.0. The molecule has 0 saturated heterocycles. The highest BCUT2D eigenvalue weighted by molar-refractivity contribution is 7.09. The molecule has 10 nitrogen and oxygen atoms in total. The highest BCUT2D eigenvalue weighted by Crippen LogP contribution is 2.13. The number of hydrogen-bond acceptors (Lipinski definition) is 8. The quantitative estimate of drug-likeness (QED) is 0.513. The molecule has 11 heteroatoms. The van der Waals surface area contributed by atoms with Crippen molar-refractivity contribution in [2.45, 2.75) is 13.0 Å². The molecule has 0 aliphatic heterocycles. The predicted octanol–water partition coefficient (Wildman–Crippen LogP) is 1.18. The summed E-state index contributed by atoms with van der Waals surface area (Å²) in [5, 5.41) is 10.4. The van der Waals surface area contributed by atoms with Gasteiger partial charge >= 0.3 is 17.8 Å². The highest BCUT2D eigenvalue weighted by atomic mass is 32.1. The lowest BCUT2D eigenvalue weighted by Crippen LogP contribution is -2.42. The molecular weight excluding hydrogens is 412 g/mol. The number of esters is 1. The molecule has 2 heterocycles. The molecule has 0 aliphatic rings. The van der Waals surface area contributed by atoms with E-state index in [2.05, 4.69) is 15.7 Å². The fourth-order valence-corrected chi connectivity index (χ4v) is 3.09. The fraction of sp³-hybridized carbons (Fsp3) is 0.211. The maximum atomic E-state index is 11.9. The number of rotatable bonds is 8. The zero-order valence-electron chi connectivity index (χ0n) is 15.7. The van der Waals surface area contributed by atoms with Crippen LogP contribution in [0.15, 0.2) is 57.1 Å². The Labute approximate surface area is 174 Å². The van der Waals surface area contributed by atoms with Gasteiger partial charge in [-0.3, -0.25) is 14.9 Å². The molecular formula is C19H18N4O6S. The van der Waals surface area contributed by atoms with Gasteiger partial charge in [-0.25, -0.2) is 9.59 Å². The van der Waals surface area contributed by atoms with E-state index >= 15 is 0 Å². The van der Waals surface area contributed by atoms with E-state index in [1.54, 1.807) is 41.7 Å². The summed E-state index contributed by atoms with van der Waals surface area (Å²) in [6, 6.07) is 11.9. The summed E-state index contributed by atoms with van der Waals surface area (Å²) in [4.78, 5) is 48.1. The van der Waals surface area contributed by atoms with Gasteiger partial charge in [0, 0.05) is 17.0 Å². The second-order valence-electron chi connectivity index (χ2n) is 5.99. The van der Waals surface area contributed by atoms with Gasteiger partial charge in [0.25, 0.3) is 5.91 Å². The first-order valence-electron chi connectivity index (χ1n) is 8.90. The van der Waals surface area contributed by atoms with Crippen molar-refractivity contribution in [3.05, 3.63) is 63.3 Å². The van der Waals surface area contributed by atoms with Crippen LogP contribution in [0.25, 0.3) is 11.5 Å². The van der Waals surface area contributed by atoms with Crippen LogP contribution in [0.5, 0.6) is 0 Å². The normalized spacial score (nSPS) is 10.4. The number of benzene rings is 1. The Bertz CT molecular complexity index is 1060. The minimum Gasteiger partial charge on any atom is -0.454 e. The Morgan fingerprint density at radius 3 is 2.67 bits per heavy atom. The highest BCUT2D eigenvalue weighted by Gasteiger charge is 2.15. The molecule has 3 rings (SSSR count). The van der Waals surface area contributed by atoms with Gasteiger partial charge in [0.2, 0.25) is 5.89 Å². The van der Waals surface area contributed by atoms with Crippen LogP contribution in [-0.2, 0) is 27.3 Å². The molecule has 0 radical (unpaired) electrons. The molecule has 0 spiro atoms. The average molecular weight is 430 g/mol. The van der Waals surface area contributed by atoms with Gasteiger partial charge in [-0.1, -0.05) is 24.3 Å². The molecule has 0 unspecified atom stereocenters. The van der Waals surface area contributed by atoms with Crippen LogP contribution in [-0.4, -0.2) is 40.8 Å². The van der Waals surface area contributed by atoms with Crippen LogP contribution >= 0.6 is 11.3 Å². The van der Waals surface area contributed by atoms with Crippen LogP contribution in [0, 0.1) is 0 Å². The Hall–Kier alpha value is -3.73. The number of ether oxygens (including phenoxy) is 1. The van der Waals surface area contributed by atoms with E-state index in [1.807, 2.05) is 17.5 Å². The van der Waals surface area contributed by atoms with Crippen LogP contribution in [0.3, 0.4) is 0 Å². The number of carbonyl (C=O) groups is 3. The molecule has 0 aliphatic carbocycles. The van der Waals surface area contributed by atoms with Gasteiger partial charge in [-0.15, -0.1) is 16.4 Å². The molecule has 0 saturated carbocycles. The van der Waals surface area contributed by atoms with Gasteiger partial charge in [-0.05, 0) is 30.0 Å². The summed E-state index contributed by atoms with van der Waals surface area (Å²) in [6.07, 6.45) is 0.645.